The van der Waals surface area contributed by atoms with E-state index >= 15 is 0 Å². The molecule has 1 aliphatic carbocycles. The van der Waals surface area contributed by atoms with Crippen LogP contribution in [-0.2, 0) is 4.74 Å². The molecule has 0 aromatic heterocycles. The molecule has 0 saturated heterocycles. The summed E-state index contributed by atoms with van der Waals surface area (Å²) in [5.41, 5.74) is -0.0506. The number of hydrogen-bond donors (Lipinski definition) is 1. The Hall–Kier alpha value is -0.0800. The first-order valence-corrected chi connectivity index (χ1v) is 6.90. The second-order valence-corrected chi connectivity index (χ2v) is 5.59. The second-order valence-electron chi connectivity index (χ2n) is 5.59. The van der Waals surface area contributed by atoms with Gasteiger partial charge in [0.05, 0.1) is 5.60 Å². The zero-order chi connectivity index (χ0) is 12.0. The van der Waals surface area contributed by atoms with Crippen molar-refractivity contribution in [1.82, 2.24) is 5.32 Å². The lowest BCUT2D eigenvalue weighted by molar-refractivity contribution is -0.0295. The minimum atomic E-state index is -0.0506. The number of methoxy groups -OCH3 is 1. The number of nitrogens with one attached hydrogen (secondary N) is 1. The fraction of sp³-hybridized carbons (Fsp3) is 1.00. The van der Waals surface area contributed by atoms with E-state index in [2.05, 4.69) is 26.1 Å². The van der Waals surface area contributed by atoms with Gasteiger partial charge in [0.1, 0.15) is 0 Å². The summed E-state index contributed by atoms with van der Waals surface area (Å²) < 4.78 is 5.68. The lowest BCUT2D eigenvalue weighted by atomic mass is 9.82. The summed E-state index contributed by atoms with van der Waals surface area (Å²) in [7, 11) is 1.83. The first-order chi connectivity index (χ1) is 7.61. The molecule has 1 saturated carbocycles. The van der Waals surface area contributed by atoms with Crippen LogP contribution in [-0.4, -0.2) is 25.3 Å². The summed E-state index contributed by atoms with van der Waals surface area (Å²) in [4.78, 5) is 0. The summed E-state index contributed by atoms with van der Waals surface area (Å²) in [5, 5.41) is 3.65. The minimum Gasteiger partial charge on any atom is -0.377 e. The topological polar surface area (TPSA) is 21.3 Å². The van der Waals surface area contributed by atoms with Gasteiger partial charge in [-0.05, 0) is 39.2 Å². The van der Waals surface area contributed by atoms with Gasteiger partial charge in [-0.3, -0.25) is 0 Å². The van der Waals surface area contributed by atoms with Gasteiger partial charge in [0.25, 0.3) is 0 Å². The molecule has 1 N–H and O–H groups in total. The molecule has 1 rings (SSSR count). The van der Waals surface area contributed by atoms with Gasteiger partial charge in [-0.2, -0.15) is 0 Å². The quantitative estimate of drug-likeness (QED) is 0.727. The Labute approximate surface area is 101 Å². The van der Waals surface area contributed by atoms with Crippen LogP contribution in [0.5, 0.6) is 0 Å². The minimum absolute atomic E-state index is 0.0506. The molecule has 0 aromatic rings. The highest BCUT2D eigenvalue weighted by Gasteiger charge is 2.35. The van der Waals surface area contributed by atoms with Crippen LogP contribution >= 0.6 is 0 Å². The maximum Gasteiger partial charge on any atom is 0.0777 e. The summed E-state index contributed by atoms with van der Waals surface area (Å²) in [5.74, 6) is 0.789. The zero-order valence-electron chi connectivity index (χ0n) is 11.5. The molecule has 1 atom stereocenters. The molecule has 1 aliphatic rings. The van der Waals surface area contributed by atoms with E-state index in [-0.39, 0.29) is 5.60 Å². The molecule has 2 nitrogen and oxygen atoms in total. The zero-order valence-corrected chi connectivity index (χ0v) is 11.5. The largest absolute Gasteiger partial charge is 0.377 e. The van der Waals surface area contributed by atoms with Crippen molar-refractivity contribution in [3.63, 3.8) is 0 Å². The SMILES string of the molecule is CCNC(C1CCCCCC1)C(C)(C)OC. The molecule has 0 aliphatic heterocycles. The number of rotatable bonds is 5. The van der Waals surface area contributed by atoms with Crippen molar-refractivity contribution in [2.24, 2.45) is 5.92 Å². The van der Waals surface area contributed by atoms with Gasteiger partial charge >= 0.3 is 0 Å². The maximum atomic E-state index is 5.68. The highest BCUT2D eigenvalue weighted by atomic mass is 16.5. The Morgan fingerprint density at radius 2 is 1.75 bits per heavy atom. The predicted molar refractivity (Wildman–Crippen MR) is 69.7 cm³/mol. The molecule has 2 heteroatoms. The van der Waals surface area contributed by atoms with Crippen LogP contribution in [0.25, 0.3) is 0 Å². The fourth-order valence-corrected chi connectivity index (χ4v) is 2.97. The van der Waals surface area contributed by atoms with Gasteiger partial charge in [0.15, 0.2) is 0 Å². The van der Waals surface area contributed by atoms with E-state index in [1.54, 1.807) is 0 Å². The lowest BCUT2D eigenvalue weighted by Gasteiger charge is -2.39. The van der Waals surface area contributed by atoms with Gasteiger partial charge in [-0.15, -0.1) is 0 Å². The Bertz CT molecular complexity index is 183. The van der Waals surface area contributed by atoms with Crippen LogP contribution in [0.1, 0.15) is 59.3 Å². The van der Waals surface area contributed by atoms with Crippen LogP contribution in [0.3, 0.4) is 0 Å². The highest BCUT2D eigenvalue weighted by molar-refractivity contribution is 4.91. The average Bonchev–Trinajstić information content (AvgIpc) is 2.54. The predicted octanol–water partition coefficient (Wildman–Crippen LogP) is 3.36. The summed E-state index contributed by atoms with van der Waals surface area (Å²) >= 11 is 0. The molecule has 1 unspecified atom stereocenters. The molecule has 0 aromatic carbocycles. The molecular weight excluding hydrogens is 198 g/mol. The van der Waals surface area contributed by atoms with Crippen LogP contribution in [0.15, 0.2) is 0 Å². The molecule has 0 radical (unpaired) electrons. The number of likely N-dealkylation sites (N-methyl/N-ethyl adjacent to an activating group) is 1. The molecule has 0 bridgehead atoms. The van der Waals surface area contributed by atoms with Gasteiger partial charge in [0.2, 0.25) is 0 Å². The number of hydrogen-bond acceptors (Lipinski definition) is 2. The van der Waals surface area contributed by atoms with E-state index < -0.39 is 0 Å². The highest BCUT2D eigenvalue weighted by Crippen LogP contribution is 2.31. The van der Waals surface area contributed by atoms with Crippen LogP contribution in [0.2, 0.25) is 0 Å². The van der Waals surface area contributed by atoms with Crippen molar-refractivity contribution in [2.75, 3.05) is 13.7 Å². The third kappa shape index (κ3) is 3.74. The molecule has 0 amide bonds. The number of ether oxygens (including phenoxy) is 1. The third-order valence-electron chi connectivity index (χ3n) is 4.07. The second kappa shape index (κ2) is 6.61. The molecular formula is C14H29NO. The van der Waals surface area contributed by atoms with E-state index in [1.165, 1.54) is 38.5 Å². The monoisotopic (exact) mass is 227 g/mol. The first-order valence-electron chi connectivity index (χ1n) is 6.90. The molecule has 16 heavy (non-hydrogen) atoms. The van der Waals surface area contributed by atoms with Crippen molar-refractivity contribution >= 4 is 0 Å². The Morgan fingerprint density at radius 3 is 2.19 bits per heavy atom. The van der Waals surface area contributed by atoms with Crippen LogP contribution in [0, 0.1) is 5.92 Å². The average molecular weight is 227 g/mol. The van der Waals surface area contributed by atoms with E-state index in [4.69, 9.17) is 4.74 Å². The van der Waals surface area contributed by atoms with Crippen LogP contribution in [0.4, 0.5) is 0 Å². The smallest absolute Gasteiger partial charge is 0.0777 e. The molecule has 0 spiro atoms. The Kier molecular flexibility index (Phi) is 5.77. The van der Waals surface area contributed by atoms with E-state index in [0.717, 1.165) is 12.5 Å². The normalized spacial score (nSPS) is 21.8. The Balaban J connectivity index is 2.66. The van der Waals surface area contributed by atoms with E-state index in [9.17, 15) is 0 Å². The van der Waals surface area contributed by atoms with Gasteiger partial charge in [0, 0.05) is 13.2 Å². The lowest BCUT2D eigenvalue weighted by Crippen LogP contribution is -2.52. The van der Waals surface area contributed by atoms with E-state index in [1.807, 2.05) is 7.11 Å². The molecule has 96 valence electrons. The fourth-order valence-electron chi connectivity index (χ4n) is 2.97. The van der Waals surface area contributed by atoms with Crippen LogP contribution < -0.4 is 5.32 Å². The van der Waals surface area contributed by atoms with Gasteiger partial charge < -0.3 is 10.1 Å². The van der Waals surface area contributed by atoms with Crippen molar-refractivity contribution in [3.05, 3.63) is 0 Å². The maximum absolute atomic E-state index is 5.68. The molecule has 0 heterocycles. The van der Waals surface area contributed by atoms with Gasteiger partial charge in [-0.25, -0.2) is 0 Å². The van der Waals surface area contributed by atoms with Crippen molar-refractivity contribution in [2.45, 2.75) is 70.9 Å². The van der Waals surface area contributed by atoms with Crippen molar-refractivity contribution < 1.29 is 4.74 Å². The van der Waals surface area contributed by atoms with Crippen molar-refractivity contribution in [3.8, 4) is 0 Å². The summed E-state index contributed by atoms with van der Waals surface area (Å²) in [6.45, 7) is 7.65. The Morgan fingerprint density at radius 1 is 1.19 bits per heavy atom. The van der Waals surface area contributed by atoms with E-state index in [0.29, 0.717) is 6.04 Å². The standard InChI is InChI=1S/C14H29NO/c1-5-15-13(14(2,3)16-4)12-10-8-6-7-9-11-12/h12-13,15H,5-11H2,1-4H3. The third-order valence-corrected chi connectivity index (χ3v) is 4.07. The summed E-state index contributed by atoms with van der Waals surface area (Å²) in [6, 6.07) is 0.501. The first kappa shape index (κ1) is 14.0. The molecule has 1 fully saturated rings. The summed E-state index contributed by atoms with van der Waals surface area (Å²) in [6.07, 6.45) is 8.36. The van der Waals surface area contributed by atoms with Crippen molar-refractivity contribution in [1.29, 1.82) is 0 Å². The van der Waals surface area contributed by atoms with Gasteiger partial charge in [-0.1, -0.05) is 32.6 Å².